The molecule has 1 aromatic carbocycles. The SMILES string of the molecule is O=C(NCC(O)c1ccc(Cl)c(F)c1)C1CCc2cn[nH]c2C1. The number of aromatic nitrogens is 2. The highest BCUT2D eigenvalue weighted by Gasteiger charge is 2.26. The Morgan fingerprint density at radius 1 is 1.57 bits per heavy atom. The first kappa shape index (κ1) is 16.0. The summed E-state index contributed by atoms with van der Waals surface area (Å²) in [5.41, 5.74) is 2.54. The first-order valence-electron chi connectivity index (χ1n) is 7.46. The molecule has 0 radical (unpaired) electrons. The molecule has 2 unspecified atom stereocenters. The predicted molar refractivity (Wildman–Crippen MR) is 83.5 cm³/mol. The average molecular weight is 338 g/mol. The van der Waals surface area contributed by atoms with Crippen molar-refractivity contribution < 1.29 is 14.3 Å². The fourth-order valence-corrected chi connectivity index (χ4v) is 2.93. The standard InChI is InChI=1S/C16H17ClFN3O2/c17-12-4-3-9(5-13(12)18)15(22)8-19-16(23)10-1-2-11-7-20-21-14(11)6-10/h3-5,7,10,15,22H,1-2,6,8H2,(H,19,23)(H,20,21). The molecule has 3 N–H and O–H groups in total. The van der Waals surface area contributed by atoms with Crippen LogP contribution in [0.2, 0.25) is 5.02 Å². The van der Waals surface area contributed by atoms with Crippen LogP contribution in [0.1, 0.15) is 29.3 Å². The maximum atomic E-state index is 13.4. The molecule has 1 heterocycles. The van der Waals surface area contributed by atoms with Gasteiger partial charge < -0.3 is 10.4 Å². The van der Waals surface area contributed by atoms with Gasteiger partial charge in [-0.25, -0.2) is 4.39 Å². The third kappa shape index (κ3) is 3.54. The molecule has 0 aliphatic heterocycles. The Balaban J connectivity index is 1.55. The van der Waals surface area contributed by atoms with E-state index in [0.717, 1.165) is 24.1 Å². The number of aliphatic hydroxyl groups excluding tert-OH is 1. The van der Waals surface area contributed by atoms with Gasteiger partial charge in [-0.3, -0.25) is 9.89 Å². The number of hydrogen-bond donors (Lipinski definition) is 3. The first-order chi connectivity index (χ1) is 11.0. The van der Waals surface area contributed by atoms with Gasteiger partial charge in [0.25, 0.3) is 0 Å². The molecule has 5 nitrogen and oxygen atoms in total. The lowest BCUT2D eigenvalue weighted by molar-refractivity contribution is -0.125. The zero-order valence-corrected chi connectivity index (χ0v) is 13.1. The molecular weight excluding hydrogens is 321 g/mol. The molecule has 122 valence electrons. The molecule has 7 heteroatoms. The van der Waals surface area contributed by atoms with Crippen molar-refractivity contribution >= 4 is 17.5 Å². The van der Waals surface area contributed by atoms with Crippen molar-refractivity contribution in [2.45, 2.75) is 25.4 Å². The number of aromatic amines is 1. The molecule has 1 aliphatic rings. The Morgan fingerprint density at radius 2 is 2.39 bits per heavy atom. The number of H-pyrrole nitrogens is 1. The quantitative estimate of drug-likeness (QED) is 0.800. The zero-order valence-electron chi connectivity index (χ0n) is 12.4. The molecule has 2 aromatic rings. The second-order valence-electron chi connectivity index (χ2n) is 5.75. The molecule has 0 spiro atoms. The van der Waals surface area contributed by atoms with E-state index >= 15 is 0 Å². The predicted octanol–water partition coefficient (Wildman–Crippen LogP) is 2.16. The molecule has 3 rings (SSSR count). The first-order valence-corrected chi connectivity index (χ1v) is 7.84. The van der Waals surface area contributed by atoms with E-state index in [1.165, 1.54) is 12.1 Å². The van der Waals surface area contributed by atoms with E-state index in [9.17, 15) is 14.3 Å². The number of nitrogens with one attached hydrogen (secondary N) is 2. The van der Waals surface area contributed by atoms with Gasteiger partial charge in [-0.15, -0.1) is 0 Å². The zero-order chi connectivity index (χ0) is 16.4. The van der Waals surface area contributed by atoms with Gasteiger partial charge in [-0.05, 0) is 36.1 Å². The number of carbonyl (C=O) groups excluding carboxylic acids is 1. The minimum absolute atomic E-state index is 0.00236. The number of nitrogens with zero attached hydrogens (tertiary/aromatic N) is 1. The summed E-state index contributed by atoms with van der Waals surface area (Å²) in [7, 11) is 0. The van der Waals surface area contributed by atoms with Crippen LogP contribution in [0.4, 0.5) is 4.39 Å². The lowest BCUT2D eigenvalue weighted by Crippen LogP contribution is -2.36. The van der Waals surface area contributed by atoms with Crippen LogP contribution in [0.5, 0.6) is 0 Å². The van der Waals surface area contributed by atoms with Crippen molar-refractivity contribution in [2.24, 2.45) is 5.92 Å². The van der Waals surface area contributed by atoms with Crippen LogP contribution in [0.25, 0.3) is 0 Å². The Kier molecular flexibility index (Phi) is 4.63. The topological polar surface area (TPSA) is 78.0 Å². The second kappa shape index (κ2) is 6.68. The fourth-order valence-electron chi connectivity index (χ4n) is 2.81. The minimum atomic E-state index is -0.975. The molecule has 1 amide bonds. The van der Waals surface area contributed by atoms with Gasteiger partial charge in [0.2, 0.25) is 5.91 Å². The van der Waals surface area contributed by atoms with E-state index in [0.29, 0.717) is 12.0 Å². The van der Waals surface area contributed by atoms with Gasteiger partial charge in [-0.2, -0.15) is 5.10 Å². The van der Waals surface area contributed by atoms with Crippen molar-refractivity contribution in [1.29, 1.82) is 0 Å². The number of hydrogen-bond acceptors (Lipinski definition) is 3. The van der Waals surface area contributed by atoms with Crippen molar-refractivity contribution in [1.82, 2.24) is 15.5 Å². The summed E-state index contributed by atoms with van der Waals surface area (Å²) in [5.74, 6) is -0.843. The van der Waals surface area contributed by atoms with Crippen LogP contribution in [0.3, 0.4) is 0 Å². The van der Waals surface area contributed by atoms with E-state index in [4.69, 9.17) is 11.6 Å². The van der Waals surface area contributed by atoms with Gasteiger partial charge in [0.05, 0.1) is 17.3 Å². The minimum Gasteiger partial charge on any atom is -0.387 e. The van der Waals surface area contributed by atoms with Crippen LogP contribution >= 0.6 is 11.6 Å². The summed E-state index contributed by atoms with van der Waals surface area (Å²) < 4.78 is 13.4. The van der Waals surface area contributed by atoms with Crippen LogP contribution in [0, 0.1) is 11.7 Å². The fraction of sp³-hybridized carbons (Fsp3) is 0.375. The third-order valence-electron chi connectivity index (χ3n) is 4.19. The number of aryl methyl sites for hydroxylation is 1. The van der Waals surface area contributed by atoms with E-state index in [-0.39, 0.29) is 23.4 Å². The summed E-state index contributed by atoms with van der Waals surface area (Å²) >= 11 is 5.61. The molecule has 0 bridgehead atoms. The molecule has 1 aliphatic carbocycles. The summed E-state index contributed by atoms with van der Waals surface area (Å²) in [6.07, 6.45) is 3.01. The smallest absolute Gasteiger partial charge is 0.223 e. The number of amides is 1. The Labute approximate surface area is 137 Å². The molecule has 0 saturated heterocycles. The van der Waals surface area contributed by atoms with E-state index in [1.54, 1.807) is 12.3 Å². The number of rotatable bonds is 4. The van der Waals surface area contributed by atoms with Crippen molar-refractivity contribution in [2.75, 3.05) is 6.54 Å². The lowest BCUT2D eigenvalue weighted by Gasteiger charge is -2.22. The second-order valence-corrected chi connectivity index (χ2v) is 6.16. The van der Waals surface area contributed by atoms with Crippen molar-refractivity contribution in [3.8, 4) is 0 Å². The molecule has 0 fully saturated rings. The monoisotopic (exact) mass is 337 g/mol. The van der Waals surface area contributed by atoms with Crippen LogP contribution in [0.15, 0.2) is 24.4 Å². The van der Waals surface area contributed by atoms with Gasteiger partial charge in [-0.1, -0.05) is 17.7 Å². The van der Waals surface area contributed by atoms with Crippen LogP contribution < -0.4 is 5.32 Å². The van der Waals surface area contributed by atoms with Gasteiger partial charge in [0.1, 0.15) is 5.82 Å². The maximum absolute atomic E-state index is 13.4. The van der Waals surface area contributed by atoms with E-state index in [2.05, 4.69) is 15.5 Å². The summed E-state index contributed by atoms with van der Waals surface area (Å²) in [6.45, 7) is 0.0340. The average Bonchev–Trinajstić information content (AvgIpc) is 3.02. The normalized spacial score (nSPS) is 18.3. The maximum Gasteiger partial charge on any atom is 0.223 e. The van der Waals surface area contributed by atoms with Crippen molar-refractivity contribution in [3.05, 3.63) is 52.1 Å². The van der Waals surface area contributed by atoms with Crippen LogP contribution in [-0.4, -0.2) is 27.8 Å². The van der Waals surface area contributed by atoms with Crippen LogP contribution in [-0.2, 0) is 17.6 Å². The Morgan fingerprint density at radius 3 is 3.17 bits per heavy atom. The highest BCUT2D eigenvalue weighted by molar-refractivity contribution is 6.30. The lowest BCUT2D eigenvalue weighted by atomic mass is 9.87. The summed E-state index contributed by atoms with van der Waals surface area (Å²) in [4.78, 5) is 12.2. The molecular formula is C16H17ClFN3O2. The largest absolute Gasteiger partial charge is 0.387 e. The van der Waals surface area contributed by atoms with Crippen molar-refractivity contribution in [3.63, 3.8) is 0 Å². The highest BCUT2D eigenvalue weighted by atomic mass is 35.5. The number of carbonyl (C=O) groups is 1. The van der Waals surface area contributed by atoms with Gasteiger partial charge in [0.15, 0.2) is 0 Å². The molecule has 1 aromatic heterocycles. The van der Waals surface area contributed by atoms with E-state index < -0.39 is 11.9 Å². The molecule has 23 heavy (non-hydrogen) atoms. The van der Waals surface area contributed by atoms with E-state index in [1.807, 2.05) is 0 Å². The summed E-state index contributed by atoms with van der Waals surface area (Å²) in [5, 5.41) is 19.7. The molecule has 0 saturated carbocycles. The van der Waals surface area contributed by atoms with Gasteiger partial charge >= 0.3 is 0 Å². The number of fused-ring (bicyclic) bond motifs is 1. The number of benzene rings is 1. The Hall–Kier alpha value is -1.92. The highest BCUT2D eigenvalue weighted by Crippen LogP contribution is 2.24. The number of halogens is 2. The molecule has 2 atom stereocenters. The van der Waals surface area contributed by atoms with Gasteiger partial charge in [0, 0.05) is 24.6 Å². The Bertz CT molecular complexity index is 719. The summed E-state index contributed by atoms with van der Waals surface area (Å²) in [6, 6.07) is 4.11. The third-order valence-corrected chi connectivity index (χ3v) is 4.50. The number of aliphatic hydroxyl groups is 1.